The standard InChI is InChI=1S/C23H19ClF2N4O3/c1-13(31)29-5-7-32-16(12-29)11-19-22(28-20-10-15(24)2-4-30(19)20)21-17(25)8-14(9-18(21)26)23-27-3-6-33-23/h2-4,6,8-10,16H,5,7,11-12H2,1H3/t16-/m0/s1. The van der Waals surface area contributed by atoms with E-state index in [0.29, 0.717) is 42.5 Å². The number of halogens is 3. The van der Waals surface area contributed by atoms with E-state index in [1.165, 1.54) is 31.5 Å². The molecule has 3 aromatic heterocycles. The van der Waals surface area contributed by atoms with Gasteiger partial charge in [-0.2, -0.15) is 0 Å². The van der Waals surface area contributed by atoms with Gasteiger partial charge in [0.05, 0.1) is 35.9 Å². The average Bonchev–Trinajstić information content (AvgIpc) is 3.42. The monoisotopic (exact) mass is 472 g/mol. The van der Waals surface area contributed by atoms with Crippen LogP contribution < -0.4 is 0 Å². The Morgan fingerprint density at radius 3 is 2.76 bits per heavy atom. The number of oxazole rings is 1. The van der Waals surface area contributed by atoms with E-state index in [-0.39, 0.29) is 34.7 Å². The second kappa shape index (κ2) is 8.57. The van der Waals surface area contributed by atoms with Crippen molar-refractivity contribution in [2.24, 2.45) is 0 Å². The SMILES string of the molecule is CC(=O)N1CCO[C@@H](Cc2c(-c3c(F)cc(-c4ncco4)cc3F)nc3cc(Cl)ccn23)C1. The van der Waals surface area contributed by atoms with Gasteiger partial charge in [-0.3, -0.25) is 4.79 Å². The van der Waals surface area contributed by atoms with Crippen molar-refractivity contribution < 1.29 is 22.7 Å². The number of pyridine rings is 1. The van der Waals surface area contributed by atoms with Crippen LogP contribution in [0.5, 0.6) is 0 Å². The summed E-state index contributed by atoms with van der Waals surface area (Å²) in [7, 11) is 0. The Morgan fingerprint density at radius 1 is 1.27 bits per heavy atom. The van der Waals surface area contributed by atoms with E-state index in [4.69, 9.17) is 20.8 Å². The molecule has 1 atom stereocenters. The van der Waals surface area contributed by atoms with Crippen LogP contribution in [0.1, 0.15) is 12.6 Å². The van der Waals surface area contributed by atoms with Gasteiger partial charge in [0.25, 0.3) is 0 Å². The van der Waals surface area contributed by atoms with Crippen LogP contribution in [-0.4, -0.2) is 51.0 Å². The molecule has 0 saturated carbocycles. The molecule has 0 unspecified atom stereocenters. The topological polar surface area (TPSA) is 72.9 Å². The Bertz CT molecular complexity index is 1320. The fourth-order valence-corrected chi connectivity index (χ4v) is 4.25. The molecule has 1 amide bonds. The van der Waals surface area contributed by atoms with E-state index >= 15 is 8.78 Å². The molecule has 10 heteroatoms. The van der Waals surface area contributed by atoms with Crippen molar-refractivity contribution in [3.63, 3.8) is 0 Å². The summed E-state index contributed by atoms with van der Waals surface area (Å²) in [5.74, 6) is -1.53. The zero-order chi connectivity index (χ0) is 23.1. The Balaban J connectivity index is 1.61. The van der Waals surface area contributed by atoms with E-state index in [1.807, 2.05) is 0 Å². The largest absolute Gasteiger partial charge is 0.445 e. The number of imidazole rings is 1. The number of hydrogen-bond donors (Lipinski definition) is 0. The van der Waals surface area contributed by atoms with E-state index in [2.05, 4.69) is 9.97 Å². The first-order valence-corrected chi connectivity index (χ1v) is 10.7. The molecule has 1 saturated heterocycles. The number of benzene rings is 1. The highest BCUT2D eigenvalue weighted by Gasteiger charge is 2.28. The highest BCUT2D eigenvalue weighted by atomic mass is 35.5. The molecule has 1 aromatic carbocycles. The number of rotatable bonds is 4. The van der Waals surface area contributed by atoms with Crippen LogP contribution in [0, 0.1) is 11.6 Å². The van der Waals surface area contributed by atoms with Crippen LogP contribution in [0.3, 0.4) is 0 Å². The summed E-state index contributed by atoms with van der Waals surface area (Å²) in [4.78, 5) is 22.0. The van der Waals surface area contributed by atoms with Crippen LogP contribution in [0.2, 0.25) is 5.02 Å². The quantitative estimate of drug-likeness (QED) is 0.441. The summed E-state index contributed by atoms with van der Waals surface area (Å²) in [6.45, 7) is 2.77. The van der Waals surface area contributed by atoms with Crippen LogP contribution in [-0.2, 0) is 16.0 Å². The molecule has 4 aromatic rings. The van der Waals surface area contributed by atoms with Gasteiger partial charge >= 0.3 is 0 Å². The molecule has 5 rings (SSSR count). The number of carbonyl (C=O) groups excluding carboxylic acids is 1. The molecule has 1 aliphatic heterocycles. The van der Waals surface area contributed by atoms with E-state index in [1.54, 1.807) is 27.6 Å². The van der Waals surface area contributed by atoms with Gasteiger partial charge in [0.1, 0.15) is 23.5 Å². The minimum Gasteiger partial charge on any atom is -0.445 e. The summed E-state index contributed by atoms with van der Waals surface area (Å²) in [5.41, 5.74) is 1.06. The van der Waals surface area contributed by atoms with Gasteiger partial charge < -0.3 is 18.5 Å². The molecule has 7 nitrogen and oxygen atoms in total. The fraction of sp³-hybridized carbons (Fsp3) is 0.261. The molecule has 0 aliphatic carbocycles. The van der Waals surface area contributed by atoms with E-state index in [0.717, 1.165) is 0 Å². The molecular formula is C23H19ClF2N4O3. The minimum atomic E-state index is -0.797. The number of ether oxygens (including phenoxy) is 1. The zero-order valence-electron chi connectivity index (χ0n) is 17.6. The Morgan fingerprint density at radius 2 is 2.06 bits per heavy atom. The summed E-state index contributed by atoms with van der Waals surface area (Å²) in [6, 6.07) is 5.62. The highest BCUT2D eigenvalue weighted by molar-refractivity contribution is 6.30. The molecule has 0 N–H and O–H groups in total. The van der Waals surface area contributed by atoms with Gasteiger partial charge in [-0.05, 0) is 18.2 Å². The highest BCUT2D eigenvalue weighted by Crippen LogP contribution is 2.34. The second-order valence-electron chi connectivity index (χ2n) is 7.79. The molecule has 33 heavy (non-hydrogen) atoms. The van der Waals surface area contributed by atoms with Crippen molar-refractivity contribution in [2.75, 3.05) is 19.7 Å². The summed E-state index contributed by atoms with van der Waals surface area (Å²) < 4.78 is 43.3. The van der Waals surface area contributed by atoms with Crippen molar-refractivity contribution in [3.8, 4) is 22.7 Å². The number of morpholine rings is 1. The Labute approximate surface area is 192 Å². The normalized spacial score (nSPS) is 16.5. The third-order valence-corrected chi connectivity index (χ3v) is 5.89. The first-order chi connectivity index (χ1) is 15.9. The number of amides is 1. The summed E-state index contributed by atoms with van der Waals surface area (Å²) in [6.07, 6.45) is 4.37. The number of nitrogens with zero attached hydrogens (tertiary/aromatic N) is 4. The Kier molecular flexibility index (Phi) is 5.59. The second-order valence-corrected chi connectivity index (χ2v) is 8.23. The van der Waals surface area contributed by atoms with Crippen LogP contribution >= 0.6 is 11.6 Å². The van der Waals surface area contributed by atoms with Crippen LogP contribution in [0.15, 0.2) is 47.3 Å². The lowest BCUT2D eigenvalue weighted by atomic mass is 10.0. The number of fused-ring (bicyclic) bond motifs is 1. The van der Waals surface area contributed by atoms with Crippen molar-refractivity contribution >= 4 is 23.2 Å². The third-order valence-electron chi connectivity index (χ3n) is 5.65. The molecular weight excluding hydrogens is 454 g/mol. The van der Waals surface area contributed by atoms with Crippen molar-refractivity contribution in [3.05, 3.63) is 65.3 Å². The van der Waals surface area contributed by atoms with Gasteiger partial charge in [0, 0.05) is 49.3 Å². The molecule has 0 radical (unpaired) electrons. The maximum Gasteiger partial charge on any atom is 0.226 e. The number of carbonyl (C=O) groups is 1. The smallest absolute Gasteiger partial charge is 0.226 e. The lowest BCUT2D eigenvalue weighted by Crippen LogP contribution is -2.45. The first kappa shape index (κ1) is 21.5. The predicted molar refractivity (Wildman–Crippen MR) is 117 cm³/mol. The van der Waals surface area contributed by atoms with Gasteiger partial charge in [-0.1, -0.05) is 11.6 Å². The predicted octanol–water partition coefficient (Wildman–Crippen LogP) is 4.38. The number of aromatic nitrogens is 3. The zero-order valence-corrected chi connectivity index (χ0v) is 18.4. The maximum absolute atomic E-state index is 15.3. The van der Waals surface area contributed by atoms with Gasteiger partial charge in [-0.15, -0.1) is 0 Å². The fourth-order valence-electron chi connectivity index (χ4n) is 4.10. The van der Waals surface area contributed by atoms with Crippen LogP contribution in [0.25, 0.3) is 28.4 Å². The molecule has 170 valence electrons. The van der Waals surface area contributed by atoms with Gasteiger partial charge in [-0.25, -0.2) is 18.7 Å². The van der Waals surface area contributed by atoms with Crippen molar-refractivity contribution in [1.29, 1.82) is 0 Å². The van der Waals surface area contributed by atoms with E-state index in [9.17, 15) is 4.79 Å². The lowest BCUT2D eigenvalue weighted by molar-refractivity contribution is -0.136. The summed E-state index contributed by atoms with van der Waals surface area (Å²) in [5, 5.41) is 0.447. The van der Waals surface area contributed by atoms with Gasteiger partial charge in [0.15, 0.2) is 0 Å². The maximum atomic E-state index is 15.3. The number of hydrogen-bond acceptors (Lipinski definition) is 5. The van der Waals surface area contributed by atoms with E-state index < -0.39 is 11.6 Å². The molecule has 4 heterocycles. The molecule has 1 aliphatic rings. The minimum absolute atomic E-state index is 0.0485. The average molecular weight is 473 g/mol. The lowest BCUT2D eigenvalue weighted by Gasteiger charge is -2.32. The van der Waals surface area contributed by atoms with Crippen LogP contribution in [0.4, 0.5) is 8.78 Å². The Hall–Kier alpha value is -3.30. The van der Waals surface area contributed by atoms with Crippen molar-refractivity contribution in [2.45, 2.75) is 19.4 Å². The summed E-state index contributed by atoms with van der Waals surface area (Å²) >= 11 is 6.12. The van der Waals surface area contributed by atoms with Crippen molar-refractivity contribution in [1.82, 2.24) is 19.3 Å². The first-order valence-electron chi connectivity index (χ1n) is 10.3. The molecule has 0 bridgehead atoms. The molecule has 1 fully saturated rings. The van der Waals surface area contributed by atoms with Gasteiger partial charge in [0.2, 0.25) is 11.8 Å². The molecule has 0 spiro atoms. The third kappa shape index (κ3) is 4.09.